The highest BCUT2D eigenvalue weighted by atomic mass is 35.5. The molecule has 0 spiro atoms. The Bertz CT molecular complexity index is 1370. The molecule has 174 valence electrons. The molecule has 3 heterocycles. The van der Waals surface area contributed by atoms with Gasteiger partial charge in [0.1, 0.15) is 0 Å². The van der Waals surface area contributed by atoms with Crippen LogP contribution in [0.1, 0.15) is 13.8 Å². The molecule has 0 saturated carbocycles. The molecule has 2 aromatic heterocycles. The van der Waals surface area contributed by atoms with Gasteiger partial charge in [-0.05, 0) is 31.2 Å². The summed E-state index contributed by atoms with van der Waals surface area (Å²) in [6.07, 6.45) is 3.47. The van der Waals surface area contributed by atoms with E-state index in [0.29, 0.717) is 48.7 Å². The minimum absolute atomic E-state index is 0.100. The molecule has 0 unspecified atom stereocenters. The number of para-hydroxylation sites is 1. The number of carbonyl (C=O) groups excluding carboxylic acids is 1. The van der Waals surface area contributed by atoms with Crippen molar-refractivity contribution < 1.29 is 4.79 Å². The number of fused-ring (bicyclic) bond motifs is 3. The minimum atomic E-state index is -0.100. The van der Waals surface area contributed by atoms with Gasteiger partial charge in [-0.1, -0.05) is 29.8 Å². The lowest BCUT2D eigenvalue weighted by atomic mass is 10.1. The van der Waals surface area contributed by atoms with Gasteiger partial charge in [0, 0.05) is 68.3 Å². The van der Waals surface area contributed by atoms with E-state index in [1.54, 1.807) is 18.5 Å². The largest absolute Gasteiger partial charge is 0.349 e. The van der Waals surface area contributed by atoms with Crippen molar-refractivity contribution >= 4 is 56.7 Å². The number of aryl methyl sites for hydroxylation is 1. The first-order valence-corrected chi connectivity index (χ1v) is 11.8. The summed E-state index contributed by atoms with van der Waals surface area (Å²) in [4.78, 5) is 25.2. The van der Waals surface area contributed by atoms with Crippen molar-refractivity contribution in [2.45, 2.75) is 20.4 Å². The third kappa shape index (κ3) is 3.94. The van der Waals surface area contributed by atoms with Gasteiger partial charge in [0.15, 0.2) is 11.6 Å². The zero-order valence-electron chi connectivity index (χ0n) is 19.2. The highest BCUT2D eigenvalue weighted by Gasteiger charge is 2.24. The van der Waals surface area contributed by atoms with E-state index in [4.69, 9.17) is 11.6 Å². The standard InChI is InChI=1S/C25H26ClN7O/c1-3-33-20-8-5-4-7-18(20)22-21(33)10-9-19(23(22)26)29-30-24(17(2)34)31-13-15-32(16-14-31)25-27-11-6-12-28-25/h4-12,29H,3,13-16H2,1-2H3/b30-24+. The molecule has 0 atom stereocenters. The summed E-state index contributed by atoms with van der Waals surface area (Å²) in [6, 6.07) is 14.0. The molecule has 0 radical (unpaired) electrons. The number of aromatic nitrogens is 3. The lowest BCUT2D eigenvalue weighted by Gasteiger charge is -2.35. The summed E-state index contributed by atoms with van der Waals surface area (Å²) in [7, 11) is 0. The first kappa shape index (κ1) is 22.2. The number of carbonyl (C=O) groups is 1. The van der Waals surface area contributed by atoms with Crippen LogP contribution in [0, 0.1) is 0 Å². The zero-order chi connectivity index (χ0) is 23.7. The van der Waals surface area contributed by atoms with Crippen molar-refractivity contribution in [3.63, 3.8) is 0 Å². The first-order chi connectivity index (χ1) is 16.6. The molecule has 0 aliphatic carbocycles. The summed E-state index contributed by atoms with van der Waals surface area (Å²) in [5.41, 5.74) is 5.96. The molecule has 8 nitrogen and oxygen atoms in total. The molecule has 1 N–H and O–H groups in total. The smallest absolute Gasteiger partial charge is 0.225 e. The quantitative estimate of drug-likeness (QED) is 0.262. The normalized spacial score (nSPS) is 14.7. The number of benzene rings is 2. The second-order valence-electron chi connectivity index (χ2n) is 8.21. The number of Topliss-reactive ketones (excluding diaryl/α,β-unsaturated/α-hetero) is 1. The van der Waals surface area contributed by atoms with E-state index in [-0.39, 0.29) is 5.78 Å². The lowest BCUT2D eigenvalue weighted by Crippen LogP contribution is -2.51. The Hall–Kier alpha value is -3.65. The molecular weight excluding hydrogens is 450 g/mol. The number of ketones is 1. The van der Waals surface area contributed by atoms with Gasteiger partial charge < -0.3 is 14.4 Å². The van der Waals surface area contributed by atoms with Crippen LogP contribution >= 0.6 is 11.6 Å². The highest BCUT2D eigenvalue weighted by Crippen LogP contribution is 2.38. The third-order valence-electron chi connectivity index (χ3n) is 6.20. The van der Waals surface area contributed by atoms with Gasteiger partial charge >= 0.3 is 0 Å². The molecule has 1 aliphatic heterocycles. The number of hydrogen-bond acceptors (Lipinski definition) is 6. The van der Waals surface area contributed by atoms with Gasteiger partial charge in [0.25, 0.3) is 0 Å². The van der Waals surface area contributed by atoms with Crippen LogP contribution in [0.15, 0.2) is 60.0 Å². The van der Waals surface area contributed by atoms with Gasteiger partial charge in [0.05, 0.1) is 16.2 Å². The Kier molecular flexibility index (Phi) is 6.06. The average molecular weight is 476 g/mol. The van der Waals surface area contributed by atoms with Crippen molar-refractivity contribution in [2.75, 3.05) is 36.5 Å². The van der Waals surface area contributed by atoms with Crippen LogP contribution in [0.3, 0.4) is 0 Å². The SMILES string of the molecule is CCn1c2ccccc2c2c(Cl)c(N/N=C(\C(C)=O)N3CCN(c4ncccn4)CC3)ccc21. The summed E-state index contributed by atoms with van der Waals surface area (Å²) in [5.74, 6) is 0.991. The van der Waals surface area contributed by atoms with Gasteiger partial charge in [-0.2, -0.15) is 5.10 Å². The average Bonchev–Trinajstić information content (AvgIpc) is 3.20. The predicted octanol–water partition coefficient (Wildman–Crippen LogP) is 4.39. The molecule has 34 heavy (non-hydrogen) atoms. The predicted molar refractivity (Wildman–Crippen MR) is 138 cm³/mol. The summed E-state index contributed by atoms with van der Waals surface area (Å²) < 4.78 is 2.25. The van der Waals surface area contributed by atoms with Crippen LogP contribution in [0.2, 0.25) is 5.02 Å². The summed E-state index contributed by atoms with van der Waals surface area (Å²) in [6.45, 7) is 7.22. The third-order valence-corrected chi connectivity index (χ3v) is 6.60. The molecule has 1 saturated heterocycles. The Morgan fingerprint density at radius 3 is 2.47 bits per heavy atom. The number of amidine groups is 1. The van der Waals surface area contributed by atoms with Gasteiger partial charge in [-0.15, -0.1) is 0 Å². The maximum Gasteiger partial charge on any atom is 0.225 e. The Balaban J connectivity index is 1.41. The van der Waals surface area contributed by atoms with E-state index >= 15 is 0 Å². The van der Waals surface area contributed by atoms with E-state index in [1.807, 2.05) is 23.1 Å². The number of nitrogens with zero attached hydrogens (tertiary/aromatic N) is 6. The van der Waals surface area contributed by atoms with Crippen molar-refractivity contribution in [3.8, 4) is 0 Å². The fourth-order valence-electron chi connectivity index (χ4n) is 4.58. The van der Waals surface area contributed by atoms with Crippen molar-refractivity contribution in [3.05, 3.63) is 59.9 Å². The number of halogens is 1. The van der Waals surface area contributed by atoms with Crippen LogP contribution in [0.5, 0.6) is 0 Å². The second-order valence-corrected chi connectivity index (χ2v) is 8.59. The van der Waals surface area contributed by atoms with Crippen molar-refractivity contribution in [2.24, 2.45) is 5.10 Å². The molecule has 9 heteroatoms. The molecule has 1 aliphatic rings. The molecular formula is C25H26ClN7O. The Morgan fingerprint density at radius 2 is 1.76 bits per heavy atom. The number of hydrazone groups is 1. The van der Waals surface area contributed by atoms with Gasteiger partial charge in [0.2, 0.25) is 5.95 Å². The maximum absolute atomic E-state index is 12.4. The number of rotatable bonds is 5. The lowest BCUT2D eigenvalue weighted by molar-refractivity contribution is -0.111. The van der Waals surface area contributed by atoms with Gasteiger partial charge in [-0.25, -0.2) is 9.97 Å². The van der Waals surface area contributed by atoms with E-state index in [1.165, 1.54) is 6.92 Å². The van der Waals surface area contributed by atoms with E-state index in [0.717, 1.165) is 28.4 Å². The monoisotopic (exact) mass is 475 g/mol. The topological polar surface area (TPSA) is 78.7 Å². The fourth-order valence-corrected chi connectivity index (χ4v) is 4.89. The fraction of sp³-hybridized carbons (Fsp3) is 0.280. The molecule has 5 rings (SSSR count). The highest BCUT2D eigenvalue weighted by molar-refractivity contribution is 6.41. The molecule has 0 bridgehead atoms. The number of hydrogen-bond donors (Lipinski definition) is 1. The molecule has 1 fully saturated rings. The Labute approximate surface area is 202 Å². The van der Waals surface area contributed by atoms with Gasteiger partial charge in [-0.3, -0.25) is 10.2 Å². The number of anilines is 2. The van der Waals surface area contributed by atoms with Crippen LogP contribution in [0.4, 0.5) is 11.6 Å². The van der Waals surface area contributed by atoms with E-state index < -0.39 is 0 Å². The van der Waals surface area contributed by atoms with E-state index in [2.05, 4.69) is 55.1 Å². The summed E-state index contributed by atoms with van der Waals surface area (Å²) >= 11 is 6.86. The molecule has 2 aromatic carbocycles. The van der Waals surface area contributed by atoms with Crippen molar-refractivity contribution in [1.82, 2.24) is 19.4 Å². The van der Waals surface area contributed by atoms with Crippen LogP contribution in [0.25, 0.3) is 21.8 Å². The minimum Gasteiger partial charge on any atom is -0.349 e. The number of piperazine rings is 1. The molecule has 4 aromatic rings. The molecule has 0 amide bonds. The van der Waals surface area contributed by atoms with Crippen molar-refractivity contribution in [1.29, 1.82) is 0 Å². The van der Waals surface area contributed by atoms with Crippen LogP contribution < -0.4 is 10.3 Å². The second kappa shape index (κ2) is 9.30. The zero-order valence-corrected chi connectivity index (χ0v) is 20.0. The van der Waals surface area contributed by atoms with E-state index in [9.17, 15) is 4.79 Å². The van der Waals surface area contributed by atoms with Crippen LogP contribution in [-0.2, 0) is 11.3 Å². The first-order valence-electron chi connectivity index (χ1n) is 11.4. The Morgan fingerprint density at radius 1 is 1.03 bits per heavy atom. The van der Waals surface area contributed by atoms with Crippen LogP contribution in [-0.4, -0.2) is 57.2 Å². The maximum atomic E-state index is 12.4. The summed E-state index contributed by atoms with van der Waals surface area (Å²) in [5, 5.41) is 7.17. The number of nitrogens with one attached hydrogen (secondary N) is 1.